The molecule has 1 saturated carbocycles. The van der Waals surface area contributed by atoms with E-state index < -0.39 is 0 Å². The SMILES string of the molecule is CCNc1nc(-c2ccc(Br)c(Cl)c2)nc(C2CC2)c1Br. The van der Waals surface area contributed by atoms with Crippen LogP contribution in [0.2, 0.25) is 5.02 Å². The minimum Gasteiger partial charge on any atom is -0.369 e. The lowest BCUT2D eigenvalue weighted by molar-refractivity contribution is 0.974. The highest BCUT2D eigenvalue weighted by molar-refractivity contribution is 9.11. The summed E-state index contributed by atoms with van der Waals surface area (Å²) in [6.07, 6.45) is 2.39. The molecule has 1 heterocycles. The van der Waals surface area contributed by atoms with Gasteiger partial charge in [0.25, 0.3) is 0 Å². The molecule has 1 aliphatic rings. The molecule has 6 heteroatoms. The number of rotatable bonds is 4. The fourth-order valence-corrected chi connectivity index (χ4v) is 3.21. The second-order valence-electron chi connectivity index (χ2n) is 5.03. The van der Waals surface area contributed by atoms with Crippen LogP contribution in [0.1, 0.15) is 31.4 Å². The van der Waals surface area contributed by atoms with Gasteiger partial charge in [-0.15, -0.1) is 0 Å². The highest BCUT2D eigenvalue weighted by atomic mass is 79.9. The third-order valence-electron chi connectivity index (χ3n) is 3.36. The first kappa shape index (κ1) is 15.3. The molecule has 1 N–H and O–H groups in total. The Labute approximate surface area is 145 Å². The molecule has 0 atom stereocenters. The summed E-state index contributed by atoms with van der Waals surface area (Å²) in [5.74, 6) is 2.11. The van der Waals surface area contributed by atoms with E-state index in [1.165, 1.54) is 12.8 Å². The van der Waals surface area contributed by atoms with E-state index in [1.54, 1.807) is 0 Å². The summed E-state index contributed by atoms with van der Waals surface area (Å²) in [5, 5.41) is 3.96. The lowest BCUT2D eigenvalue weighted by atomic mass is 10.2. The van der Waals surface area contributed by atoms with Crippen molar-refractivity contribution in [1.29, 1.82) is 0 Å². The van der Waals surface area contributed by atoms with Crippen LogP contribution in [0.25, 0.3) is 11.4 Å². The van der Waals surface area contributed by atoms with Crippen LogP contribution in [0.3, 0.4) is 0 Å². The zero-order valence-corrected chi connectivity index (χ0v) is 15.4. The fourth-order valence-electron chi connectivity index (χ4n) is 2.14. The minimum atomic E-state index is 0.546. The molecule has 0 amide bonds. The number of anilines is 1. The normalized spacial score (nSPS) is 14.3. The summed E-state index contributed by atoms with van der Waals surface area (Å²) in [6.45, 7) is 2.88. The molecule has 21 heavy (non-hydrogen) atoms. The maximum atomic E-state index is 6.18. The summed E-state index contributed by atoms with van der Waals surface area (Å²) in [5.41, 5.74) is 2.02. The molecule has 1 fully saturated rings. The number of aromatic nitrogens is 2. The van der Waals surface area contributed by atoms with Crippen LogP contribution in [0, 0.1) is 0 Å². The molecule has 1 aromatic carbocycles. The molecule has 0 unspecified atom stereocenters. The molecule has 0 aliphatic heterocycles. The standard InChI is InChI=1S/C15H14Br2ClN3/c1-2-19-15-12(17)13(8-3-4-8)20-14(21-15)9-5-6-10(16)11(18)7-9/h5-8H,2-4H2,1H3,(H,19,20,21). The molecule has 3 nitrogen and oxygen atoms in total. The van der Waals surface area contributed by atoms with E-state index >= 15 is 0 Å². The first-order valence-corrected chi connectivity index (χ1v) is 8.83. The Kier molecular flexibility index (Phi) is 4.52. The largest absolute Gasteiger partial charge is 0.369 e. The van der Waals surface area contributed by atoms with E-state index in [0.717, 1.165) is 32.6 Å². The Balaban J connectivity index is 2.10. The number of nitrogens with zero attached hydrogens (tertiary/aromatic N) is 2. The van der Waals surface area contributed by atoms with Gasteiger partial charge in [0.05, 0.1) is 15.2 Å². The van der Waals surface area contributed by atoms with Crippen molar-refractivity contribution in [2.45, 2.75) is 25.7 Å². The van der Waals surface area contributed by atoms with Crippen LogP contribution in [-0.2, 0) is 0 Å². The highest BCUT2D eigenvalue weighted by Gasteiger charge is 2.29. The van der Waals surface area contributed by atoms with Gasteiger partial charge in [-0.2, -0.15) is 0 Å². The smallest absolute Gasteiger partial charge is 0.161 e. The van der Waals surface area contributed by atoms with Gasteiger partial charge in [-0.3, -0.25) is 0 Å². The lowest BCUT2D eigenvalue weighted by Crippen LogP contribution is -2.05. The van der Waals surface area contributed by atoms with Gasteiger partial charge in [0.15, 0.2) is 5.82 Å². The van der Waals surface area contributed by atoms with Crippen molar-refractivity contribution in [3.63, 3.8) is 0 Å². The summed E-state index contributed by atoms with van der Waals surface area (Å²) in [7, 11) is 0. The summed E-state index contributed by atoms with van der Waals surface area (Å²) < 4.78 is 1.86. The second-order valence-corrected chi connectivity index (χ2v) is 7.08. The van der Waals surface area contributed by atoms with Gasteiger partial charge in [-0.1, -0.05) is 11.6 Å². The van der Waals surface area contributed by atoms with Crippen molar-refractivity contribution < 1.29 is 0 Å². The molecule has 110 valence electrons. The Hall–Kier alpha value is -0.650. The van der Waals surface area contributed by atoms with Crippen molar-refractivity contribution in [3.8, 4) is 11.4 Å². The number of benzene rings is 1. The average molecular weight is 432 g/mol. The number of halogens is 3. The predicted octanol–water partition coefficient (Wildman–Crippen LogP) is 5.63. The van der Waals surface area contributed by atoms with E-state index in [9.17, 15) is 0 Å². The van der Waals surface area contributed by atoms with E-state index in [0.29, 0.717) is 16.8 Å². The van der Waals surface area contributed by atoms with Crippen LogP contribution in [0.5, 0.6) is 0 Å². The third-order valence-corrected chi connectivity index (χ3v) is 5.38. The molecule has 1 aromatic heterocycles. The van der Waals surface area contributed by atoms with E-state index in [1.807, 2.05) is 18.2 Å². The molecule has 0 spiro atoms. The zero-order chi connectivity index (χ0) is 15.0. The molecule has 3 rings (SSSR count). The van der Waals surface area contributed by atoms with Gasteiger partial charge in [0.1, 0.15) is 5.82 Å². The van der Waals surface area contributed by atoms with Crippen molar-refractivity contribution in [2.75, 3.05) is 11.9 Å². The Morgan fingerprint density at radius 2 is 2.05 bits per heavy atom. The fraction of sp³-hybridized carbons (Fsp3) is 0.333. The van der Waals surface area contributed by atoms with Gasteiger partial charge >= 0.3 is 0 Å². The van der Waals surface area contributed by atoms with Gasteiger partial charge < -0.3 is 5.32 Å². The maximum Gasteiger partial charge on any atom is 0.161 e. The van der Waals surface area contributed by atoms with Gasteiger partial charge in [0, 0.05) is 22.5 Å². The van der Waals surface area contributed by atoms with Crippen LogP contribution < -0.4 is 5.32 Å². The Bertz CT molecular complexity index is 687. The summed E-state index contributed by atoms with van der Waals surface area (Å²) in [4.78, 5) is 9.38. The molecular formula is C15H14Br2ClN3. The Morgan fingerprint density at radius 1 is 1.29 bits per heavy atom. The van der Waals surface area contributed by atoms with Crippen molar-refractivity contribution in [3.05, 3.63) is 37.9 Å². The third kappa shape index (κ3) is 3.25. The molecular weight excluding hydrogens is 417 g/mol. The molecule has 1 aliphatic carbocycles. The number of nitrogens with one attached hydrogen (secondary N) is 1. The average Bonchev–Trinajstić information content (AvgIpc) is 3.29. The monoisotopic (exact) mass is 429 g/mol. The van der Waals surface area contributed by atoms with Crippen LogP contribution in [0.4, 0.5) is 5.82 Å². The van der Waals surface area contributed by atoms with Crippen LogP contribution >= 0.6 is 43.5 Å². The van der Waals surface area contributed by atoms with Gasteiger partial charge in [-0.05, 0) is 69.8 Å². The first-order valence-electron chi connectivity index (χ1n) is 6.87. The second kappa shape index (κ2) is 6.23. The van der Waals surface area contributed by atoms with Crippen molar-refractivity contribution >= 4 is 49.3 Å². The van der Waals surface area contributed by atoms with Crippen molar-refractivity contribution in [1.82, 2.24) is 9.97 Å². The highest BCUT2D eigenvalue weighted by Crippen LogP contribution is 2.44. The molecule has 2 aromatic rings. The first-order chi connectivity index (χ1) is 10.1. The topological polar surface area (TPSA) is 37.8 Å². The maximum absolute atomic E-state index is 6.18. The van der Waals surface area contributed by atoms with Crippen molar-refractivity contribution in [2.24, 2.45) is 0 Å². The van der Waals surface area contributed by atoms with Crippen LogP contribution in [-0.4, -0.2) is 16.5 Å². The Morgan fingerprint density at radius 3 is 2.67 bits per heavy atom. The van der Waals surface area contributed by atoms with E-state index in [4.69, 9.17) is 16.6 Å². The van der Waals surface area contributed by atoms with Gasteiger partial charge in [0.2, 0.25) is 0 Å². The van der Waals surface area contributed by atoms with Gasteiger partial charge in [-0.25, -0.2) is 9.97 Å². The molecule has 0 bridgehead atoms. The number of hydrogen-bond donors (Lipinski definition) is 1. The van der Waals surface area contributed by atoms with Crippen LogP contribution in [0.15, 0.2) is 27.1 Å². The summed E-state index contributed by atoms with van der Waals surface area (Å²) in [6, 6.07) is 5.79. The quantitative estimate of drug-likeness (QED) is 0.682. The predicted molar refractivity (Wildman–Crippen MR) is 94.0 cm³/mol. The molecule has 0 radical (unpaired) electrons. The van der Waals surface area contributed by atoms with E-state index in [2.05, 4.69) is 49.1 Å². The molecule has 0 saturated heterocycles. The number of hydrogen-bond acceptors (Lipinski definition) is 3. The minimum absolute atomic E-state index is 0.546. The zero-order valence-electron chi connectivity index (χ0n) is 11.5. The summed E-state index contributed by atoms with van der Waals surface area (Å²) >= 11 is 13.2. The lowest BCUT2D eigenvalue weighted by Gasteiger charge is -2.12. The van der Waals surface area contributed by atoms with E-state index in [-0.39, 0.29) is 0 Å².